The van der Waals surface area contributed by atoms with E-state index in [0.717, 1.165) is 25.7 Å². The molecule has 1 aliphatic carbocycles. The summed E-state index contributed by atoms with van der Waals surface area (Å²) in [5.74, 6) is -1.52. The zero-order chi connectivity index (χ0) is 17.7. The molecule has 0 spiro atoms. The minimum Gasteiger partial charge on any atom is -0.480 e. The first-order valence-electron chi connectivity index (χ1n) is 8.30. The highest BCUT2D eigenvalue weighted by atomic mass is 32.1. The van der Waals surface area contributed by atoms with Crippen LogP contribution in [0.3, 0.4) is 0 Å². The van der Waals surface area contributed by atoms with E-state index in [0.29, 0.717) is 4.88 Å². The second kappa shape index (κ2) is 8.28. The number of carbonyl (C=O) groups is 3. The van der Waals surface area contributed by atoms with Crippen LogP contribution in [0.2, 0.25) is 0 Å². The number of rotatable bonds is 6. The minimum atomic E-state index is -1.05. The molecule has 0 radical (unpaired) electrons. The topological polar surface area (TPSA) is 86.7 Å². The summed E-state index contributed by atoms with van der Waals surface area (Å²) in [7, 11) is 0. The molecule has 1 heterocycles. The lowest BCUT2D eigenvalue weighted by atomic mass is 10.1. The van der Waals surface area contributed by atoms with Crippen molar-refractivity contribution in [2.24, 2.45) is 0 Å². The summed E-state index contributed by atoms with van der Waals surface area (Å²) in [4.78, 5) is 38.3. The molecule has 6 nitrogen and oxygen atoms in total. The van der Waals surface area contributed by atoms with Crippen molar-refractivity contribution in [1.29, 1.82) is 0 Å². The zero-order valence-corrected chi connectivity index (χ0v) is 14.9. The molecule has 0 saturated heterocycles. The molecule has 2 rings (SSSR count). The number of aryl methyl sites for hydroxylation is 2. The van der Waals surface area contributed by atoms with E-state index in [1.807, 2.05) is 6.07 Å². The first-order chi connectivity index (χ1) is 11.4. The van der Waals surface area contributed by atoms with Crippen LogP contribution < -0.4 is 5.32 Å². The van der Waals surface area contributed by atoms with E-state index in [1.165, 1.54) is 46.9 Å². The summed E-state index contributed by atoms with van der Waals surface area (Å²) >= 11 is 1.48. The van der Waals surface area contributed by atoms with Crippen LogP contribution >= 0.6 is 11.3 Å². The molecule has 0 aliphatic heterocycles. The van der Waals surface area contributed by atoms with Gasteiger partial charge in [-0.1, -0.05) is 6.42 Å². The molecule has 132 valence electrons. The monoisotopic (exact) mass is 352 g/mol. The Bertz CT molecular complexity index is 603. The number of amides is 2. The first-order valence-corrected chi connectivity index (χ1v) is 9.11. The first kappa shape index (κ1) is 18.4. The largest absolute Gasteiger partial charge is 0.480 e. The number of carboxylic acids is 1. The Morgan fingerprint density at radius 3 is 2.67 bits per heavy atom. The number of aliphatic carboxylic acids is 1. The quantitative estimate of drug-likeness (QED) is 0.767. The molecule has 0 aromatic carbocycles. The molecule has 1 unspecified atom stereocenters. The van der Waals surface area contributed by atoms with Crippen molar-refractivity contribution in [2.75, 3.05) is 13.1 Å². The predicted molar refractivity (Wildman–Crippen MR) is 92.4 cm³/mol. The van der Waals surface area contributed by atoms with Gasteiger partial charge in [0.15, 0.2) is 0 Å². The van der Waals surface area contributed by atoms with Gasteiger partial charge in [-0.2, -0.15) is 0 Å². The van der Waals surface area contributed by atoms with E-state index in [4.69, 9.17) is 0 Å². The van der Waals surface area contributed by atoms with Crippen molar-refractivity contribution in [3.8, 4) is 0 Å². The molecular formula is C17H24N2O4S. The number of thiophene rings is 1. The molecule has 2 amide bonds. The number of carboxylic acid groups (broad SMARTS) is 1. The van der Waals surface area contributed by atoms with Gasteiger partial charge in [0, 0.05) is 24.9 Å². The molecule has 0 bridgehead atoms. The lowest BCUT2D eigenvalue weighted by Gasteiger charge is -2.26. The SMILES string of the molecule is CC(=O)NCCN(C(=O)c1cc2c(s1)CCCCC2)C(C)C(=O)O. The van der Waals surface area contributed by atoms with Crippen LogP contribution in [0.4, 0.5) is 0 Å². The van der Waals surface area contributed by atoms with Gasteiger partial charge in [-0.15, -0.1) is 11.3 Å². The molecular weight excluding hydrogens is 328 g/mol. The normalized spacial score (nSPS) is 15.1. The standard InChI is InChI=1S/C17H24N2O4S/c1-11(17(22)23)19(9-8-18-12(2)20)16(21)15-10-13-6-4-3-5-7-14(13)24-15/h10-11H,3-9H2,1-2H3,(H,18,20)(H,22,23). The maximum atomic E-state index is 12.8. The van der Waals surface area contributed by atoms with Gasteiger partial charge in [0.2, 0.25) is 5.91 Å². The summed E-state index contributed by atoms with van der Waals surface area (Å²) in [6.07, 6.45) is 5.46. The van der Waals surface area contributed by atoms with E-state index in [1.54, 1.807) is 0 Å². The van der Waals surface area contributed by atoms with Gasteiger partial charge in [0.25, 0.3) is 5.91 Å². The number of nitrogens with zero attached hydrogens (tertiary/aromatic N) is 1. The van der Waals surface area contributed by atoms with Crippen LogP contribution in [-0.4, -0.2) is 46.9 Å². The second-order valence-corrected chi connectivity index (χ2v) is 7.25. The molecule has 1 aromatic heterocycles. The van der Waals surface area contributed by atoms with Gasteiger partial charge in [-0.3, -0.25) is 9.59 Å². The van der Waals surface area contributed by atoms with Crippen LogP contribution in [0.15, 0.2) is 6.07 Å². The van der Waals surface area contributed by atoms with Crippen molar-refractivity contribution < 1.29 is 19.5 Å². The fraction of sp³-hybridized carbons (Fsp3) is 0.588. The Labute approximate surface area is 145 Å². The zero-order valence-electron chi connectivity index (χ0n) is 14.1. The van der Waals surface area contributed by atoms with Crippen LogP contribution in [0.25, 0.3) is 0 Å². The highest BCUT2D eigenvalue weighted by molar-refractivity contribution is 7.14. The molecule has 1 aromatic rings. The molecule has 0 saturated carbocycles. The molecule has 7 heteroatoms. The summed E-state index contributed by atoms with van der Waals surface area (Å²) in [5, 5.41) is 11.9. The van der Waals surface area contributed by atoms with E-state index in [9.17, 15) is 19.5 Å². The predicted octanol–water partition coefficient (Wildman–Crippen LogP) is 2.07. The van der Waals surface area contributed by atoms with E-state index < -0.39 is 12.0 Å². The number of carbonyl (C=O) groups excluding carboxylic acids is 2. The van der Waals surface area contributed by atoms with Crippen LogP contribution in [0.1, 0.15) is 53.2 Å². The maximum Gasteiger partial charge on any atom is 0.326 e. The van der Waals surface area contributed by atoms with E-state index >= 15 is 0 Å². The third-order valence-electron chi connectivity index (χ3n) is 4.27. The third kappa shape index (κ3) is 4.56. The summed E-state index contributed by atoms with van der Waals surface area (Å²) in [6, 6.07) is 0.987. The van der Waals surface area contributed by atoms with Gasteiger partial charge >= 0.3 is 5.97 Å². The van der Waals surface area contributed by atoms with E-state index in [-0.39, 0.29) is 24.9 Å². The highest BCUT2D eigenvalue weighted by Gasteiger charge is 2.28. The van der Waals surface area contributed by atoms with Crippen molar-refractivity contribution >= 4 is 29.1 Å². The molecule has 24 heavy (non-hydrogen) atoms. The van der Waals surface area contributed by atoms with Gasteiger partial charge in [0.05, 0.1) is 4.88 Å². The smallest absolute Gasteiger partial charge is 0.326 e. The highest BCUT2D eigenvalue weighted by Crippen LogP contribution is 2.30. The minimum absolute atomic E-state index is 0.175. The van der Waals surface area contributed by atoms with Gasteiger partial charge in [0.1, 0.15) is 6.04 Å². The number of nitrogens with one attached hydrogen (secondary N) is 1. The summed E-state index contributed by atoms with van der Waals surface area (Å²) in [6.45, 7) is 3.30. The van der Waals surface area contributed by atoms with Crippen LogP contribution in [0.5, 0.6) is 0 Å². The van der Waals surface area contributed by atoms with Crippen molar-refractivity contribution in [2.45, 2.75) is 52.0 Å². The fourth-order valence-corrected chi connectivity index (χ4v) is 4.08. The Kier molecular flexibility index (Phi) is 6.36. The lowest BCUT2D eigenvalue weighted by Crippen LogP contribution is -2.46. The van der Waals surface area contributed by atoms with Crippen LogP contribution in [-0.2, 0) is 22.4 Å². The van der Waals surface area contributed by atoms with Crippen molar-refractivity contribution in [1.82, 2.24) is 10.2 Å². The molecule has 0 fully saturated rings. The Balaban J connectivity index is 2.16. The second-order valence-electron chi connectivity index (χ2n) is 6.12. The maximum absolute atomic E-state index is 12.8. The lowest BCUT2D eigenvalue weighted by molar-refractivity contribution is -0.141. The fourth-order valence-electron chi connectivity index (χ4n) is 2.87. The number of fused-ring (bicyclic) bond motifs is 1. The van der Waals surface area contributed by atoms with Gasteiger partial charge in [-0.05, 0) is 44.2 Å². The number of hydrogen-bond acceptors (Lipinski definition) is 4. The van der Waals surface area contributed by atoms with Crippen molar-refractivity contribution in [3.63, 3.8) is 0 Å². The summed E-state index contributed by atoms with van der Waals surface area (Å²) in [5.41, 5.74) is 1.23. The van der Waals surface area contributed by atoms with Crippen LogP contribution in [0, 0.1) is 0 Å². The number of hydrogen-bond donors (Lipinski definition) is 2. The molecule has 2 N–H and O–H groups in total. The average molecular weight is 352 g/mol. The summed E-state index contributed by atoms with van der Waals surface area (Å²) < 4.78 is 0. The Hall–Kier alpha value is -1.89. The Morgan fingerprint density at radius 2 is 2.00 bits per heavy atom. The molecule has 1 atom stereocenters. The molecule has 1 aliphatic rings. The van der Waals surface area contributed by atoms with E-state index in [2.05, 4.69) is 5.32 Å². The van der Waals surface area contributed by atoms with Gasteiger partial charge < -0.3 is 15.3 Å². The van der Waals surface area contributed by atoms with Crippen molar-refractivity contribution in [3.05, 3.63) is 21.4 Å². The van der Waals surface area contributed by atoms with Gasteiger partial charge in [-0.25, -0.2) is 4.79 Å². The Morgan fingerprint density at radius 1 is 1.29 bits per heavy atom. The average Bonchev–Trinajstić information content (AvgIpc) is 2.81. The third-order valence-corrected chi connectivity index (χ3v) is 5.49.